The summed E-state index contributed by atoms with van der Waals surface area (Å²) in [6.45, 7) is 7.41. The molecule has 1 aliphatic rings. The van der Waals surface area contributed by atoms with Crippen LogP contribution in [-0.4, -0.2) is 41.6 Å². The third-order valence-corrected chi connectivity index (χ3v) is 14.6. The SMILES string of the molecule is CN(C(=O)c1cn2c(nc3cc(CO[Si](c4ccccc4)(c4ccccc4)C(C)(C)C)ccc32)s1)C1CCCCC1. The lowest BCUT2D eigenvalue weighted by molar-refractivity contribution is 0.0701. The van der Waals surface area contributed by atoms with Crippen LogP contribution in [0.3, 0.4) is 0 Å². The summed E-state index contributed by atoms with van der Waals surface area (Å²) in [6, 6.07) is 28.2. The number of amides is 1. The van der Waals surface area contributed by atoms with Crippen LogP contribution in [0.2, 0.25) is 5.04 Å². The molecule has 1 amide bonds. The number of aromatic nitrogens is 2. The summed E-state index contributed by atoms with van der Waals surface area (Å²) in [5, 5.41) is 2.47. The van der Waals surface area contributed by atoms with Gasteiger partial charge in [-0.1, -0.05) is 118 Å². The van der Waals surface area contributed by atoms with Gasteiger partial charge in [-0.2, -0.15) is 0 Å². The number of nitrogens with zero attached hydrogens (tertiary/aromatic N) is 3. The van der Waals surface area contributed by atoms with Crippen LogP contribution in [0.25, 0.3) is 16.0 Å². The molecule has 6 rings (SSSR count). The van der Waals surface area contributed by atoms with E-state index >= 15 is 0 Å². The van der Waals surface area contributed by atoms with Crippen LogP contribution in [0.4, 0.5) is 0 Å². The molecule has 0 atom stereocenters. The molecule has 0 radical (unpaired) electrons. The number of benzene rings is 3. The van der Waals surface area contributed by atoms with Crippen molar-refractivity contribution in [2.24, 2.45) is 0 Å². The Balaban J connectivity index is 1.29. The summed E-state index contributed by atoms with van der Waals surface area (Å²) in [6.07, 6.45) is 7.88. The Morgan fingerprint density at radius 3 is 2.22 bits per heavy atom. The molecule has 2 aromatic heterocycles. The molecule has 212 valence electrons. The van der Waals surface area contributed by atoms with Gasteiger partial charge in [-0.15, -0.1) is 0 Å². The lowest BCUT2D eigenvalue weighted by Gasteiger charge is -2.43. The fourth-order valence-corrected chi connectivity index (χ4v) is 12.0. The Labute approximate surface area is 247 Å². The Bertz CT molecular complexity index is 1610. The van der Waals surface area contributed by atoms with Gasteiger partial charge in [0.1, 0.15) is 4.88 Å². The normalized spacial score (nSPS) is 15.0. The largest absolute Gasteiger partial charge is 0.403 e. The number of hydrogen-bond donors (Lipinski definition) is 0. The summed E-state index contributed by atoms with van der Waals surface area (Å²) in [5.74, 6) is 0.107. The molecule has 0 bridgehead atoms. The zero-order chi connectivity index (χ0) is 28.6. The minimum atomic E-state index is -2.63. The first kappa shape index (κ1) is 27.9. The highest BCUT2D eigenvalue weighted by atomic mass is 32.1. The zero-order valence-corrected chi connectivity index (χ0v) is 26.3. The number of carbonyl (C=O) groups is 1. The predicted octanol–water partition coefficient (Wildman–Crippen LogP) is 7.03. The van der Waals surface area contributed by atoms with Gasteiger partial charge in [0.15, 0.2) is 4.96 Å². The zero-order valence-electron chi connectivity index (χ0n) is 24.5. The molecule has 0 unspecified atom stereocenters. The summed E-state index contributed by atoms with van der Waals surface area (Å²) >= 11 is 1.48. The van der Waals surface area contributed by atoms with E-state index in [1.807, 2.05) is 18.1 Å². The fraction of sp³-hybridized carbons (Fsp3) is 0.353. The highest BCUT2D eigenvalue weighted by Crippen LogP contribution is 2.37. The van der Waals surface area contributed by atoms with Crippen LogP contribution in [-0.2, 0) is 11.0 Å². The number of thiazole rings is 1. The average molecular weight is 582 g/mol. The molecule has 2 heterocycles. The van der Waals surface area contributed by atoms with Gasteiger partial charge in [0.25, 0.3) is 14.2 Å². The molecule has 3 aromatic carbocycles. The molecule has 1 aliphatic carbocycles. The summed E-state index contributed by atoms with van der Waals surface area (Å²) in [4.78, 5) is 21.8. The highest BCUT2D eigenvalue weighted by Gasteiger charge is 2.50. The van der Waals surface area contributed by atoms with Gasteiger partial charge in [-0.05, 0) is 45.9 Å². The van der Waals surface area contributed by atoms with Crippen molar-refractivity contribution in [3.63, 3.8) is 0 Å². The van der Waals surface area contributed by atoms with Gasteiger partial charge >= 0.3 is 0 Å². The molecule has 0 N–H and O–H groups in total. The van der Waals surface area contributed by atoms with E-state index in [9.17, 15) is 4.79 Å². The number of imidazole rings is 1. The van der Waals surface area contributed by atoms with Crippen LogP contribution in [0.15, 0.2) is 85.1 Å². The average Bonchev–Trinajstić information content (AvgIpc) is 3.55. The second-order valence-corrected chi connectivity index (χ2v) is 17.7. The van der Waals surface area contributed by atoms with E-state index in [0.717, 1.165) is 39.3 Å². The van der Waals surface area contributed by atoms with Crippen molar-refractivity contribution < 1.29 is 9.22 Å². The van der Waals surface area contributed by atoms with Gasteiger partial charge in [-0.25, -0.2) is 4.98 Å². The predicted molar refractivity (Wildman–Crippen MR) is 172 cm³/mol. The molecular formula is C34H39N3O2SSi. The molecule has 0 spiro atoms. The minimum Gasteiger partial charge on any atom is -0.403 e. The smallest absolute Gasteiger partial charge is 0.265 e. The van der Waals surface area contributed by atoms with E-state index in [0.29, 0.717) is 12.6 Å². The van der Waals surface area contributed by atoms with E-state index < -0.39 is 8.32 Å². The molecule has 1 saturated carbocycles. The Morgan fingerprint density at radius 1 is 0.976 bits per heavy atom. The third kappa shape index (κ3) is 5.15. The Hall–Kier alpha value is -3.26. The van der Waals surface area contributed by atoms with E-state index in [4.69, 9.17) is 9.41 Å². The molecule has 1 fully saturated rings. The van der Waals surface area contributed by atoms with E-state index in [2.05, 4.69) is 104 Å². The van der Waals surface area contributed by atoms with Crippen molar-refractivity contribution in [1.82, 2.24) is 14.3 Å². The fourth-order valence-electron chi connectivity index (χ4n) is 6.51. The van der Waals surface area contributed by atoms with Crippen LogP contribution >= 0.6 is 11.3 Å². The maximum atomic E-state index is 13.3. The second kappa shape index (κ2) is 11.2. The third-order valence-electron chi connectivity index (χ3n) is 8.69. The van der Waals surface area contributed by atoms with Gasteiger partial charge in [0.2, 0.25) is 0 Å². The van der Waals surface area contributed by atoms with Crippen molar-refractivity contribution in [3.05, 3.63) is 95.5 Å². The number of rotatable bonds is 7. The maximum absolute atomic E-state index is 13.3. The lowest BCUT2D eigenvalue weighted by Crippen LogP contribution is -2.66. The molecule has 41 heavy (non-hydrogen) atoms. The Kier molecular flexibility index (Phi) is 7.61. The summed E-state index contributed by atoms with van der Waals surface area (Å²) < 4.78 is 9.21. The van der Waals surface area contributed by atoms with Gasteiger partial charge in [0.05, 0.1) is 17.6 Å². The first-order chi connectivity index (χ1) is 19.8. The van der Waals surface area contributed by atoms with Crippen molar-refractivity contribution in [1.29, 1.82) is 0 Å². The van der Waals surface area contributed by atoms with Crippen molar-refractivity contribution >= 4 is 51.9 Å². The monoisotopic (exact) mass is 581 g/mol. The minimum absolute atomic E-state index is 0.0788. The molecular weight excluding hydrogens is 543 g/mol. The van der Waals surface area contributed by atoms with Crippen molar-refractivity contribution in [2.75, 3.05) is 7.05 Å². The second-order valence-electron chi connectivity index (χ2n) is 12.3. The van der Waals surface area contributed by atoms with Crippen LogP contribution in [0.1, 0.15) is 68.1 Å². The van der Waals surface area contributed by atoms with Gasteiger partial charge < -0.3 is 9.33 Å². The Morgan fingerprint density at radius 2 is 1.61 bits per heavy atom. The van der Waals surface area contributed by atoms with Gasteiger partial charge in [-0.3, -0.25) is 9.20 Å². The highest BCUT2D eigenvalue weighted by molar-refractivity contribution is 7.19. The molecule has 0 aliphatic heterocycles. The molecule has 5 nitrogen and oxygen atoms in total. The number of hydrogen-bond acceptors (Lipinski definition) is 4. The van der Waals surface area contributed by atoms with E-state index in [1.165, 1.54) is 41.0 Å². The molecule has 7 heteroatoms. The molecule has 0 saturated heterocycles. The first-order valence-corrected chi connectivity index (χ1v) is 17.4. The summed E-state index contributed by atoms with van der Waals surface area (Å²) in [7, 11) is -0.674. The first-order valence-electron chi connectivity index (χ1n) is 14.7. The van der Waals surface area contributed by atoms with Crippen LogP contribution < -0.4 is 10.4 Å². The summed E-state index contributed by atoms with van der Waals surface area (Å²) in [5.41, 5.74) is 3.05. The van der Waals surface area contributed by atoms with Crippen molar-refractivity contribution in [2.45, 2.75) is 70.6 Å². The van der Waals surface area contributed by atoms with Crippen molar-refractivity contribution in [3.8, 4) is 0 Å². The lowest BCUT2D eigenvalue weighted by atomic mass is 9.94. The van der Waals surface area contributed by atoms with Crippen LogP contribution in [0.5, 0.6) is 0 Å². The standard InChI is InChI=1S/C34H39N3O2SSi/c1-34(2,3)41(27-16-10-6-11-17-27,28-18-12-7-13-19-28)39-24-25-20-21-30-29(22-25)35-33-37(30)23-31(40-33)32(38)36(4)26-14-8-5-9-15-26/h6-7,10-13,16-23,26H,5,8-9,14-15,24H2,1-4H3. The van der Waals surface area contributed by atoms with Gasteiger partial charge in [0, 0.05) is 19.3 Å². The number of fused-ring (bicyclic) bond motifs is 3. The van der Waals surface area contributed by atoms with E-state index in [1.54, 1.807) is 0 Å². The van der Waals surface area contributed by atoms with Crippen LogP contribution in [0, 0.1) is 0 Å². The quantitative estimate of drug-likeness (QED) is 0.194. The number of carbonyl (C=O) groups excluding carboxylic acids is 1. The molecule has 5 aromatic rings. The maximum Gasteiger partial charge on any atom is 0.265 e. The van der Waals surface area contributed by atoms with E-state index in [-0.39, 0.29) is 10.9 Å². The topological polar surface area (TPSA) is 46.8 Å².